The average Bonchev–Trinajstić information content (AvgIpc) is 3.14. The van der Waals surface area contributed by atoms with Gasteiger partial charge in [-0.3, -0.25) is 4.79 Å². The standard InChI is InChI=1S/C24H34N2O6/c1-14(2)11-12-31-19(27)10-8-15(3)7-9-17-21(26-24(29)25-5)20-18(13-32-23(20)28)16(4)22(17)30-6/h7,14H,8-13H2,1-6H3,(H2,25,26,29)/b15-7+. The third kappa shape index (κ3) is 6.24. The number of fused-ring (bicyclic) bond motifs is 1. The van der Waals surface area contributed by atoms with Crippen LogP contribution in [0, 0.1) is 12.8 Å². The maximum absolute atomic E-state index is 12.4. The Bertz CT molecular complexity index is 904. The summed E-state index contributed by atoms with van der Waals surface area (Å²) in [5, 5.41) is 5.28. The van der Waals surface area contributed by atoms with E-state index in [4.69, 9.17) is 14.2 Å². The first-order chi connectivity index (χ1) is 15.2. The van der Waals surface area contributed by atoms with E-state index in [9.17, 15) is 14.4 Å². The van der Waals surface area contributed by atoms with Crippen LogP contribution in [-0.4, -0.2) is 38.7 Å². The number of ether oxygens (including phenoxy) is 3. The maximum Gasteiger partial charge on any atom is 0.341 e. The number of allylic oxidation sites excluding steroid dienone is 2. The molecule has 0 saturated heterocycles. The number of hydrogen-bond donors (Lipinski definition) is 2. The van der Waals surface area contributed by atoms with E-state index in [1.54, 1.807) is 7.11 Å². The molecule has 1 aliphatic heterocycles. The Labute approximate surface area is 189 Å². The van der Waals surface area contributed by atoms with Gasteiger partial charge in [0.25, 0.3) is 0 Å². The Balaban J connectivity index is 2.23. The zero-order valence-corrected chi connectivity index (χ0v) is 19.8. The smallest absolute Gasteiger partial charge is 0.341 e. The SMILES string of the molecule is CNC(=O)Nc1c(C/C=C(\C)CCC(=O)OCCC(C)C)c(OC)c(C)c2c1C(=O)OC2. The molecule has 2 amide bonds. The highest BCUT2D eigenvalue weighted by Gasteiger charge is 2.32. The van der Waals surface area contributed by atoms with Gasteiger partial charge in [-0.05, 0) is 44.6 Å². The lowest BCUT2D eigenvalue weighted by Gasteiger charge is -2.19. The average molecular weight is 447 g/mol. The van der Waals surface area contributed by atoms with Crippen molar-refractivity contribution in [2.24, 2.45) is 5.92 Å². The molecule has 0 bridgehead atoms. The number of hydrogen-bond acceptors (Lipinski definition) is 6. The van der Waals surface area contributed by atoms with Crippen LogP contribution in [0.15, 0.2) is 11.6 Å². The molecule has 0 unspecified atom stereocenters. The molecule has 32 heavy (non-hydrogen) atoms. The van der Waals surface area contributed by atoms with Crippen molar-refractivity contribution in [1.82, 2.24) is 5.32 Å². The topological polar surface area (TPSA) is 103 Å². The van der Waals surface area contributed by atoms with E-state index in [-0.39, 0.29) is 12.6 Å². The van der Waals surface area contributed by atoms with Gasteiger partial charge < -0.3 is 24.8 Å². The van der Waals surface area contributed by atoms with Crippen LogP contribution in [0.25, 0.3) is 0 Å². The summed E-state index contributed by atoms with van der Waals surface area (Å²) in [5.74, 6) is 0.410. The van der Waals surface area contributed by atoms with Crippen molar-refractivity contribution in [3.05, 3.63) is 33.9 Å². The Morgan fingerprint density at radius 3 is 2.59 bits per heavy atom. The molecule has 1 aliphatic rings. The minimum Gasteiger partial charge on any atom is -0.496 e. The molecule has 1 aromatic rings. The van der Waals surface area contributed by atoms with Gasteiger partial charge in [0, 0.05) is 24.6 Å². The van der Waals surface area contributed by atoms with E-state index in [1.807, 2.05) is 19.9 Å². The Hall–Kier alpha value is -3.03. The van der Waals surface area contributed by atoms with Gasteiger partial charge in [0.15, 0.2) is 0 Å². The predicted molar refractivity (Wildman–Crippen MR) is 122 cm³/mol. The quantitative estimate of drug-likeness (QED) is 0.411. The number of rotatable bonds is 10. The highest BCUT2D eigenvalue weighted by Crippen LogP contribution is 2.41. The van der Waals surface area contributed by atoms with E-state index >= 15 is 0 Å². The van der Waals surface area contributed by atoms with Crippen LogP contribution in [0.2, 0.25) is 0 Å². The van der Waals surface area contributed by atoms with Crippen molar-refractivity contribution in [2.75, 3.05) is 26.1 Å². The summed E-state index contributed by atoms with van der Waals surface area (Å²) in [6.45, 7) is 8.57. The second kappa shape index (κ2) is 11.5. The number of esters is 2. The Morgan fingerprint density at radius 2 is 1.97 bits per heavy atom. The maximum atomic E-state index is 12.4. The molecule has 0 fully saturated rings. The van der Waals surface area contributed by atoms with Crippen LogP contribution in [0.5, 0.6) is 5.75 Å². The number of amides is 2. The Kier molecular flexibility index (Phi) is 9.11. The number of cyclic esters (lactones) is 1. The van der Waals surface area contributed by atoms with E-state index in [1.165, 1.54) is 7.05 Å². The van der Waals surface area contributed by atoms with Gasteiger partial charge in [0.05, 0.1) is 25.0 Å². The molecule has 2 rings (SSSR count). The fraction of sp³-hybridized carbons (Fsp3) is 0.542. The normalized spacial score (nSPS) is 13.0. The molecular weight excluding hydrogens is 412 g/mol. The number of anilines is 1. The fourth-order valence-corrected chi connectivity index (χ4v) is 3.52. The van der Waals surface area contributed by atoms with Gasteiger partial charge >= 0.3 is 18.0 Å². The molecule has 0 radical (unpaired) electrons. The van der Waals surface area contributed by atoms with Crippen LogP contribution >= 0.6 is 0 Å². The monoisotopic (exact) mass is 446 g/mol. The van der Waals surface area contributed by atoms with Gasteiger partial charge in [-0.15, -0.1) is 0 Å². The van der Waals surface area contributed by atoms with Gasteiger partial charge in [-0.25, -0.2) is 9.59 Å². The molecule has 8 nitrogen and oxygen atoms in total. The molecule has 1 heterocycles. The van der Waals surface area contributed by atoms with Crippen LogP contribution in [0.3, 0.4) is 0 Å². The summed E-state index contributed by atoms with van der Waals surface area (Å²) in [4.78, 5) is 36.4. The van der Waals surface area contributed by atoms with Crippen LogP contribution in [0.4, 0.5) is 10.5 Å². The summed E-state index contributed by atoms with van der Waals surface area (Å²) in [7, 11) is 3.06. The molecule has 1 aromatic carbocycles. The third-order valence-electron chi connectivity index (χ3n) is 5.48. The van der Waals surface area contributed by atoms with Crippen LogP contribution < -0.4 is 15.4 Å². The number of methoxy groups -OCH3 is 1. The Morgan fingerprint density at radius 1 is 1.25 bits per heavy atom. The molecule has 176 valence electrons. The van der Waals surface area contributed by atoms with Crippen molar-refractivity contribution >= 4 is 23.7 Å². The molecule has 0 spiro atoms. The number of urea groups is 1. The van der Waals surface area contributed by atoms with Crippen LogP contribution in [0.1, 0.15) is 67.1 Å². The summed E-state index contributed by atoms with van der Waals surface area (Å²) in [6.07, 6.45) is 4.10. The van der Waals surface area contributed by atoms with Gasteiger partial charge in [-0.1, -0.05) is 25.5 Å². The lowest BCUT2D eigenvalue weighted by molar-refractivity contribution is -0.143. The minimum absolute atomic E-state index is 0.146. The molecule has 0 atom stereocenters. The molecular formula is C24H34N2O6. The number of carbonyl (C=O) groups is 3. The van der Waals surface area contributed by atoms with Crippen molar-refractivity contribution < 1.29 is 28.6 Å². The van der Waals surface area contributed by atoms with Crippen molar-refractivity contribution in [3.63, 3.8) is 0 Å². The van der Waals surface area contributed by atoms with Gasteiger partial charge in [0.1, 0.15) is 12.4 Å². The molecule has 0 aliphatic carbocycles. The summed E-state index contributed by atoms with van der Waals surface area (Å²) < 4.78 is 16.1. The van der Waals surface area contributed by atoms with Crippen molar-refractivity contribution in [2.45, 2.75) is 60.0 Å². The fourth-order valence-electron chi connectivity index (χ4n) is 3.52. The first-order valence-corrected chi connectivity index (χ1v) is 10.9. The number of benzene rings is 1. The highest BCUT2D eigenvalue weighted by atomic mass is 16.5. The summed E-state index contributed by atoms with van der Waals surface area (Å²) in [6, 6.07) is -0.441. The minimum atomic E-state index is -0.469. The second-order valence-electron chi connectivity index (χ2n) is 8.30. The summed E-state index contributed by atoms with van der Waals surface area (Å²) >= 11 is 0. The largest absolute Gasteiger partial charge is 0.496 e. The molecule has 0 aromatic heterocycles. The van der Waals surface area contributed by atoms with E-state index in [0.29, 0.717) is 59.9 Å². The highest BCUT2D eigenvalue weighted by molar-refractivity contribution is 6.05. The number of nitrogens with one attached hydrogen (secondary N) is 2. The molecule has 8 heteroatoms. The lowest BCUT2D eigenvalue weighted by atomic mass is 9.93. The van der Waals surface area contributed by atoms with Crippen LogP contribution in [-0.2, 0) is 27.3 Å². The van der Waals surface area contributed by atoms with E-state index < -0.39 is 12.0 Å². The first-order valence-electron chi connectivity index (χ1n) is 10.9. The lowest BCUT2D eigenvalue weighted by Crippen LogP contribution is -2.26. The zero-order valence-electron chi connectivity index (χ0n) is 19.8. The number of carbonyl (C=O) groups excluding carboxylic acids is 3. The van der Waals surface area contributed by atoms with E-state index in [0.717, 1.165) is 17.6 Å². The summed E-state index contributed by atoms with van der Waals surface area (Å²) in [5.41, 5.74) is 3.96. The predicted octanol–water partition coefficient (Wildman–Crippen LogP) is 4.28. The zero-order chi connectivity index (χ0) is 23.8. The van der Waals surface area contributed by atoms with E-state index in [2.05, 4.69) is 24.5 Å². The molecule has 0 saturated carbocycles. The third-order valence-corrected chi connectivity index (χ3v) is 5.48. The van der Waals surface area contributed by atoms with Gasteiger partial charge in [-0.2, -0.15) is 0 Å². The molecule has 2 N–H and O–H groups in total. The first kappa shape index (κ1) is 25.2. The second-order valence-corrected chi connectivity index (χ2v) is 8.30. The van der Waals surface area contributed by atoms with Crippen molar-refractivity contribution in [1.29, 1.82) is 0 Å². The van der Waals surface area contributed by atoms with Gasteiger partial charge in [0.2, 0.25) is 0 Å². The van der Waals surface area contributed by atoms with Crippen molar-refractivity contribution in [3.8, 4) is 5.75 Å².